The van der Waals surface area contributed by atoms with E-state index in [4.69, 9.17) is 20.9 Å². The van der Waals surface area contributed by atoms with Crippen molar-refractivity contribution in [2.75, 3.05) is 25.1 Å². The third-order valence-corrected chi connectivity index (χ3v) is 5.58. The highest BCUT2D eigenvalue weighted by Gasteiger charge is 2.44. The molecule has 0 saturated carbocycles. The molecule has 0 aliphatic carbocycles. The zero-order chi connectivity index (χ0) is 24.1. The van der Waals surface area contributed by atoms with Crippen molar-refractivity contribution in [2.45, 2.75) is 37.5 Å². The van der Waals surface area contributed by atoms with Gasteiger partial charge in [0.05, 0.1) is 24.2 Å². The van der Waals surface area contributed by atoms with E-state index in [0.717, 1.165) is 16.8 Å². The molecule has 34 heavy (non-hydrogen) atoms. The number of benzene rings is 2. The van der Waals surface area contributed by atoms with E-state index in [2.05, 4.69) is 15.3 Å². The maximum absolute atomic E-state index is 10.6. The molecule has 4 atom stereocenters. The average molecular weight is 471 g/mol. The minimum absolute atomic E-state index is 0.0657. The van der Waals surface area contributed by atoms with Gasteiger partial charge in [-0.3, -0.25) is 9.56 Å². The Kier molecular flexibility index (Phi) is 7.48. The monoisotopic (exact) mass is 470 g/mol. The minimum Gasteiger partial charge on any atom is -0.494 e. The summed E-state index contributed by atoms with van der Waals surface area (Å²) in [6, 6.07) is 15.1. The van der Waals surface area contributed by atoms with E-state index in [-0.39, 0.29) is 5.96 Å². The number of aliphatic hydroxyl groups is 3. The number of nitrogens with one attached hydrogen (secondary N) is 1. The molecule has 11 nitrogen and oxygen atoms in total. The van der Waals surface area contributed by atoms with Gasteiger partial charge in [-0.25, -0.2) is 4.98 Å². The maximum Gasteiger partial charge on any atom is 0.206 e. The molecule has 2 aromatic carbocycles. The lowest BCUT2D eigenvalue weighted by Crippen LogP contribution is -2.33. The number of rotatable bonds is 10. The minimum atomic E-state index is -1.22. The van der Waals surface area contributed by atoms with Crippen LogP contribution in [-0.4, -0.2) is 68.9 Å². The van der Waals surface area contributed by atoms with E-state index >= 15 is 0 Å². The van der Waals surface area contributed by atoms with Crippen molar-refractivity contribution < 1.29 is 24.8 Å². The topological polar surface area (TPSA) is 173 Å². The Hall–Kier alpha value is -3.38. The Balaban J connectivity index is 1.48. The molecule has 182 valence electrons. The predicted molar refractivity (Wildman–Crippen MR) is 127 cm³/mol. The number of guanidine groups is 1. The van der Waals surface area contributed by atoms with Crippen LogP contribution < -0.4 is 21.5 Å². The Labute approximate surface area is 196 Å². The quantitative estimate of drug-likeness (QED) is 0.138. The molecule has 8 N–H and O–H groups in total. The van der Waals surface area contributed by atoms with Gasteiger partial charge < -0.3 is 41.6 Å². The average Bonchev–Trinajstić information content (AvgIpc) is 3.34. The predicted octanol–water partition coefficient (Wildman–Crippen LogP) is 0.302. The SMILES string of the molecule is NC(N)=NCCCOc1cccc(CNc2nc3ccccc3n2[C@@H]2O[C@H](CO)[C@@H](O)[C@H]2O)c1. The van der Waals surface area contributed by atoms with Gasteiger partial charge in [0.15, 0.2) is 12.2 Å². The number of nitrogens with zero attached hydrogens (tertiary/aromatic N) is 3. The number of ether oxygens (including phenoxy) is 2. The molecular weight excluding hydrogens is 440 g/mol. The summed E-state index contributed by atoms with van der Waals surface area (Å²) in [6.07, 6.45) is -3.51. The number of aliphatic hydroxyl groups excluding tert-OH is 3. The Morgan fingerprint density at radius 1 is 1.15 bits per heavy atom. The van der Waals surface area contributed by atoms with Gasteiger partial charge in [-0.05, 0) is 29.8 Å². The molecule has 11 heteroatoms. The van der Waals surface area contributed by atoms with Crippen LogP contribution in [0.4, 0.5) is 5.95 Å². The molecular formula is C23H30N6O5. The first-order valence-electron chi connectivity index (χ1n) is 11.1. The zero-order valence-electron chi connectivity index (χ0n) is 18.6. The first kappa shape index (κ1) is 23.8. The molecule has 1 saturated heterocycles. The van der Waals surface area contributed by atoms with E-state index in [9.17, 15) is 15.3 Å². The highest BCUT2D eigenvalue weighted by molar-refractivity contribution is 5.79. The van der Waals surface area contributed by atoms with Gasteiger partial charge in [0.2, 0.25) is 5.95 Å². The fourth-order valence-electron chi connectivity index (χ4n) is 3.91. The summed E-state index contributed by atoms with van der Waals surface area (Å²) >= 11 is 0. The summed E-state index contributed by atoms with van der Waals surface area (Å²) in [7, 11) is 0. The molecule has 1 aliphatic rings. The van der Waals surface area contributed by atoms with Crippen LogP contribution in [0.3, 0.4) is 0 Å². The number of hydrogen-bond donors (Lipinski definition) is 6. The van der Waals surface area contributed by atoms with E-state index in [1.54, 1.807) is 4.57 Å². The molecule has 4 rings (SSSR count). The van der Waals surface area contributed by atoms with Crippen LogP contribution in [0.15, 0.2) is 53.5 Å². The molecule has 1 aromatic heterocycles. The van der Waals surface area contributed by atoms with Crippen molar-refractivity contribution in [3.63, 3.8) is 0 Å². The smallest absolute Gasteiger partial charge is 0.206 e. The van der Waals surface area contributed by atoms with E-state index in [1.807, 2.05) is 48.5 Å². The van der Waals surface area contributed by atoms with E-state index in [1.165, 1.54) is 0 Å². The second-order valence-corrected chi connectivity index (χ2v) is 8.03. The fraction of sp³-hybridized carbons (Fsp3) is 0.391. The Morgan fingerprint density at radius 3 is 2.74 bits per heavy atom. The van der Waals surface area contributed by atoms with Crippen molar-refractivity contribution in [1.29, 1.82) is 0 Å². The molecule has 1 aliphatic heterocycles. The lowest BCUT2D eigenvalue weighted by molar-refractivity contribution is -0.0499. The number of fused-ring (bicyclic) bond motifs is 1. The number of para-hydroxylation sites is 2. The number of anilines is 1. The lowest BCUT2D eigenvalue weighted by Gasteiger charge is -2.20. The van der Waals surface area contributed by atoms with Crippen LogP contribution in [0.2, 0.25) is 0 Å². The number of hydrogen-bond acceptors (Lipinski definition) is 8. The number of imidazole rings is 1. The van der Waals surface area contributed by atoms with Crippen LogP contribution in [0.25, 0.3) is 11.0 Å². The second kappa shape index (κ2) is 10.7. The first-order chi connectivity index (χ1) is 16.5. The van der Waals surface area contributed by atoms with Crippen molar-refractivity contribution in [3.05, 3.63) is 54.1 Å². The van der Waals surface area contributed by atoms with Gasteiger partial charge in [-0.1, -0.05) is 24.3 Å². The molecule has 3 aromatic rings. The largest absolute Gasteiger partial charge is 0.494 e. The highest BCUT2D eigenvalue weighted by atomic mass is 16.6. The number of aromatic nitrogens is 2. The Bertz CT molecular complexity index is 1130. The first-order valence-corrected chi connectivity index (χ1v) is 11.1. The normalized spacial score (nSPS) is 22.1. The molecule has 0 amide bonds. The summed E-state index contributed by atoms with van der Waals surface area (Å²) in [5.41, 5.74) is 13.0. The molecule has 0 bridgehead atoms. The molecule has 0 unspecified atom stereocenters. The van der Waals surface area contributed by atoms with Gasteiger partial charge in [0.1, 0.15) is 24.1 Å². The van der Waals surface area contributed by atoms with Crippen LogP contribution in [0.5, 0.6) is 5.75 Å². The van der Waals surface area contributed by atoms with Crippen LogP contribution in [0.1, 0.15) is 18.2 Å². The summed E-state index contributed by atoms with van der Waals surface area (Å²) in [6.45, 7) is 1.02. The van der Waals surface area contributed by atoms with E-state index in [0.29, 0.717) is 37.6 Å². The van der Waals surface area contributed by atoms with Crippen LogP contribution in [-0.2, 0) is 11.3 Å². The summed E-state index contributed by atoms with van der Waals surface area (Å²) in [5, 5.41) is 33.6. The third kappa shape index (κ3) is 5.23. The Morgan fingerprint density at radius 2 is 1.97 bits per heavy atom. The summed E-state index contributed by atoms with van der Waals surface area (Å²) < 4.78 is 13.3. The molecule has 1 fully saturated rings. The fourth-order valence-corrected chi connectivity index (χ4v) is 3.91. The maximum atomic E-state index is 10.6. The molecule has 0 radical (unpaired) electrons. The lowest BCUT2D eigenvalue weighted by atomic mass is 10.1. The van der Waals surface area contributed by atoms with Crippen molar-refractivity contribution in [2.24, 2.45) is 16.5 Å². The number of aliphatic imine (C=N–C) groups is 1. The molecule has 0 spiro atoms. The molecule has 2 heterocycles. The van der Waals surface area contributed by atoms with Crippen molar-refractivity contribution in [3.8, 4) is 5.75 Å². The van der Waals surface area contributed by atoms with Gasteiger partial charge >= 0.3 is 0 Å². The van der Waals surface area contributed by atoms with Gasteiger partial charge in [-0.15, -0.1) is 0 Å². The summed E-state index contributed by atoms with van der Waals surface area (Å²) in [5.74, 6) is 1.26. The van der Waals surface area contributed by atoms with Gasteiger partial charge in [0.25, 0.3) is 0 Å². The zero-order valence-corrected chi connectivity index (χ0v) is 18.6. The van der Waals surface area contributed by atoms with Gasteiger partial charge in [0, 0.05) is 19.5 Å². The van der Waals surface area contributed by atoms with Crippen molar-refractivity contribution >= 4 is 22.9 Å². The standard InChI is InChI=1S/C23H30N6O5/c24-22(25)26-9-4-10-33-15-6-3-5-14(11-15)12-27-23-28-16-7-1-2-8-17(16)29(23)21-20(32)19(31)18(13-30)34-21/h1-3,5-8,11,18-21,30-32H,4,9-10,12-13H2,(H,27,28)(H4,24,25,26)/t18-,19-,20-,21-/m1/s1. The van der Waals surface area contributed by atoms with Crippen LogP contribution >= 0.6 is 0 Å². The van der Waals surface area contributed by atoms with Crippen LogP contribution in [0, 0.1) is 0 Å². The third-order valence-electron chi connectivity index (χ3n) is 5.58. The van der Waals surface area contributed by atoms with Crippen molar-refractivity contribution in [1.82, 2.24) is 9.55 Å². The second-order valence-electron chi connectivity index (χ2n) is 8.03. The summed E-state index contributed by atoms with van der Waals surface area (Å²) in [4.78, 5) is 8.57. The highest BCUT2D eigenvalue weighted by Crippen LogP contribution is 2.35. The van der Waals surface area contributed by atoms with E-state index < -0.39 is 31.1 Å². The van der Waals surface area contributed by atoms with Gasteiger partial charge in [-0.2, -0.15) is 0 Å². The number of nitrogens with two attached hydrogens (primary N) is 2.